The molecule has 2 heterocycles. The standard InChI is InChI=1S/C32H54N2.2BrH/c1-3-5-7-9-10-11-12-13-14-15-16-17-18-20-26-34-29-23-32(24-30-34)31-21-27-33(28-22-31)25-19-8-6-4-2;;/h21-24,27-30H,3-20,25-26H2,1-2H3;2*1H/q+2;;/p-2. The fourth-order valence-electron chi connectivity index (χ4n) is 4.81. The average molecular weight is 627 g/mol. The molecule has 0 N–H and O–H groups in total. The molecule has 2 nitrogen and oxygen atoms in total. The Kier molecular flexibility index (Phi) is 24.1. The molecule has 0 saturated heterocycles. The summed E-state index contributed by atoms with van der Waals surface area (Å²) in [4.78, 5) is 0. The van der Waals surface area contributed by atoms with Gasteiger partial charge in [0.25, 0.3) is 0 Å². The van der Waals surface area contributed by atoms with E-state index in [1.807, 2.05) is 0 Å². The van der Waals surface area contributed by atoms with E-state index in [0.717, 1.165) is 13.1 Å². The maximum absolute atomic E-state index is 2.35. The van der Waals surface area contributed by atoms with Gasteiger partial charge in [-0.2, -0.15) is 0 Å². The monoisotopic (exact) mass is 624 g/mol. The molecule has 0 aromatic carbocycles. The molecule has 2 aromatic heterocycles. The van der Waals surface area contributed by atoms with Crippen molar-refractivity contribution < 1.29 is 43.1 Å². The Morgan fingerprint density at radius 1 is 0.389 bits per heavy atom. The number of hydrogen-bond donors (Lipinski definition) is 0. The Hall–Kier alpha value is -0.740. The Balaban J connectivity index is 0.00000612. The summed E-state index contributed by atoms with van der Waals surface area (Å²) in [5, 5.41) is 0. The van der Waals surface area contributed by atoms with Gasteiger partial charge in [0, 0.05) is 37.1 Å². The SMILES string of the molecule is CCCCCCCCCCCCCCCC[n+]1ccc(-c2cc[n+](CCCCCC)cc2)cc1.[Br-].[Br-]. The minimum absolute atomic E-state index is 0. The summed E-state index contributed by atoms with van der Waals surface area (Å²) >= 11 is 0. The molecule has 0 aliphatic carbocycles. The van der Waals surface area contributed by atoms with E-state index in [0.29, 0.717) is 0 Å². The number of aromatic nitrogens is 2. The van der Waals surface area contributed by atoms with Crippen molar-refractivity contribution in [3.63, 3.8) is 0 Å². The van der Waals surface area contributed by atoms with Gasteiger partial charge < -0.3 is 34.0 Å². The van der Waals surface area contributed by atoms with E-state index < -0.39 is 0 Å². The molecule has 0 radical (unpaired) electrons. The molecule has 0 unspecified atom stereocenters. The number of aryl methyl sites for hydroxylation is 2. The van der Waals surface area contributed by atoms with Crippen LogP contribution < -0.4 is 43.1 Å². The minimum Gasteiger partial charge on any atom is -1.00 e. The van der Waals surface area contributed by atoms with E-state index in [9.17, 15) is 0 Å². The summed E-state index contributed by atoms with van der Waals surface area (Å²) in [5.41, 5.74) is 2.63. The lowest BCUT2D eigenvalue weighted by Gasteiger charge is -2.03. The first kappa shape index (κ1) is 35.3. The Morgan fingerprint density at radius 2 is 0.639 bits per heavy atom. The fraction of sp³-hybridized carbons (Fsp3) is 0.688. The van der Waals surface area contributed by atoms with E-state index in [1.165, 1.54) is 127 Å². The van der Waals surface area contributed by atoms with Crippen LogP contribution in [-0.4, -0.2) is 0 Å². The zero-order valence-corrected chi connectivity index (χ0v) is 26.6. The molecule has 0 atom stereocenters. The van der Waals surface area contributed by atoms with Crippen molar-refractivity contribution in [1.29, 1.82) is 0 Å². The van der Waals surface area contributed by atoms with E-state index in [2.05, 4.69) is 72.0 Å². The van der Waals surface area contributed by atoms with Gasteiger partial charge in [0.05, 0.1) is 0 Å². The molecule has 0 aliphatic heterocycles. The predicted octanol–water partition coefficient (Wildman–Crippen LogP) is 3.00. The van der Waals surface area contributed by atoms with Gasteiger partial charge in [-0.3, -0.25) is 0 Å². The molecule has 36 heavy (non-hydrogen) atoms. The molecule has 0 amide bonds. The average Bonchev–Trinajstić information content (AvgIpc) is 2.87. The van der Waals surface area contributed by atoms with Crippen molar-refractivity contribution in [2.75, 3.05) is 0 Å². The summed E-state index contributed by atoms with van der Waals surface area (Å²) in [6, 6.07) is 9.05. The van der Waals surface area contributed by atoms with Gasteiger partial charge in [-0.15, -0.1) is 0 Å². The number of halogens is 2. The van der Waals surface area contributed by atoms with Crippen LogP contribution in [0.4, 0.5) is 0 Å². The molecule has 0 aliphatic rings. The topological polar surface area (TPSA) is 7.76 Å². The molecular formula is C32H54Br2N2. The first-order chi connectivity index (χ1) is 16.8. The highest BCUT2D eigenvalue weighted by Crippen LogP contribution is 2.16. The van der Waals surface area contributed by atoms with Crippen molar-refractivity contribution in [3.8, 4) is 11.1 Å². The molecule has 0 bridgehead atoms. The lowest BCUT2D eigenvalue weighted by atomic mass is 10.0. The number of hydrogen-bond acceptors (Lipinski definition) is 0. The van der Waals surface area contributed by atoms with Crippen LogP contribution in [0.3, 0.4) is 0 Å². The third kappa shape index (κ3) is 16.9. The van der Waals surface area contributed by atoms with E-state index in [4.69, 9.17) is 0 Å². The van der Waals surface area contributed by atoms with Crippen LogP contribution in [-0.2, 0) is 13.1 Å². The number of nitrogens with zero attached hydrogens (tertiary/aromatic N) is 2. The molecular weight excluding hydrogens is 572 g/mol. The van der Waals surface area contributed by atoms with Crippen molar-refractivity contribution in [3.05, 3.63) is 49.1 Å². The highest BCUT2D eigenvalue weighted by molar-refractivity contribution is 5.60. The van der Waals surface area contributed by atoms with Crippen molar-refractivity contribution in [2.45, 2.75) is 143 Å². The zero-order chi connectivity index (χ0) is 24.1. The van der Waals surface area contributed by atoms with Crippen LogP contribution in [0.15, 0.2) is 49.1 Å². The van der Waals surface area contributed by atoms with Crippen LogP contribution in [0.25, 0.3) is 11.1 Å². The molecule has 0 saturated carbocycles. The van der Waals surface area contributed by atoms with Gasteiger partial charge in [0.1, 0.15) is 13.1 Å². The Bertz CT molecular complexity index is 716. The zero-order valence-electron chi connectivity index (χ0n) is 23.4. The first-order valence-corrected chi connectivity index (χ1v) is 14.8. The van der Waals surface area contributed by atoms with Crippen LogP contribution >= 0.6 is 0 Å². The quantitative estimate of drug-likeness (QED) is 0.149. The van der Waals surface area contributed by atoms with Gasteiger partial charge >= 0.3 is 0 Å². The molecule has 206 valence electrons. The largest absolute Gasteiger partial charge is 1.00 e. The van der Waals surface area contributed by atoms with Gasteiger partial charge in [0.15, 0.2) is 24.8 Å². The van der Waals surface area contributed by atoms with Crippen molar-refractivity contribution >= 4 is 0 Å². The van der Waals surface area contributed by atoms with Crippen LogP contribution in [0.5, 0.6) is 0 Å². The van der Waals surface area contributed by atoms with Crippen molar-refractivity contribution in [1.82, 2.24) is 0 Å². The highest BCUT2D eigenvalue weighted by atomic mass is 79.9. The normalized spacial score (nSPS) is 10.6. The summed E-state index contributed by atoms with van der Waals surface area (Å²) in [5.74, 6) is 0. The summed E-state index contributed by atoms with van der Waals surface area (Å²) in [7, 11) is 0. The second-order valence-corrected chi connectivity index (χ2v) is 10.3. The third-order valence-electron chi connectivity index (χ3n) is 7.16. The second-order valence-electron chi connectivity index (χ2n) is 10.3. The number of pyridine rings is 2. The number of unbranched alkanes of at least 4 members (excludes halogenated alkanes) is 16. The smallest absolute Gasteiger partial charge is 0.169 e. The Morgan fingerprint density at radius 3 is 0.944 bits per heavy atom. The molecule has 0 fully saturated rings. The first-order valence-electron chi connectivity index (χ1n) is 14.8. The number of rotatable bonds is 21. The minimum atomic E-state index is 0. The van der Waals surface area contributed by atoms with Gasteiger partial charge in [0.2, 0.25) is 0 Å². The molecule has 2 rings (SSSR count). The summed E-state index contributed by atoms with van der Waals surface area (Å²) in [6.07, 6.45) is 34.1. The summed E-state index contributed by atoms with van der Waals surface area (Å²) in [6.45, 7) is 6.84. The second kappa shape index (κ2) is 24.6. The molecule has 2 aromatic rings. The van der Waals surface area contributed by atoms with Gasteiger partial charge in [-0.1, -0.05) is 104 Å². The predicted molar refractivity (Wildman–Crippen MR) is 147 cm³/mol. The van der Waals surface area contributed by atoms with Gasteiger partial charge in [-0.25, -0.2) is 9.13 Å². The maximum Gasteiger partial charge on any atom is 0.169 e. The molecule has 0 spiro atoms. The summed E-state index contributed by atoms with van der Waals surface area (Å²) < 4.78 is 4.67. The van der Waals surface area contributed by atoms with E-state index >= 15 is 0 Å². The van der Waals surface area contributed by atoms with Gasteiger partial charge in [-0.05, 0) is 24.0 Å². The highest BCUT2D eigenvalue weighted by Gasteiger charge is 2.06. The fourth-order valence-corrected chi connectivity index (χ4v) is 4.81. The maximum atomic E-state index is 2.35. The van der Waals surface area contributed by atoms with E-state index in [1.54, 1.807) is 0 Å². The van der Waals surface area contributed by atoms with Crippen LogP contribution in [0.1, 0.15) is 129 Å². The van der Waals surface area contributed by atoms with Crippen LogP contribution in [0.2, 0.25) is 0 Å². The van der Waals surface area contributed by atoms with E-state index in [-0.39, 0.29) is 34.0 Å². The van der Waals surface area contributed by atoms with Crippen molar-refractivity contribution in [2.24, 2.45) is 0 Å². The lowest BCUT2D eigenvalue weighted by molar-refractivity contribution is -0.697. The molecule has 4 heteroatoms. The lowest BCUT2D eigenvalue weighted by Crippen LogP contribution is -3.00. The van der Waals surface area contributed by atoms with Crippen LogP contribution in [0, 0.1) is 0 Å². The third-order valence-corrected chi connectivity index (χ3v) is 7.16. The Labute approximate surface area is 244 Å².